The van der Waals surface area contributed by atoms with Gasteiger partial charge in [0.05, 0.1) is 17.4 Å². The van der Waals surface area contributed by atoms with Crippen molar-refractivity contribution in [2.45, 2.75) is 26.4 Å². The fourth-order valence-corrected chi connectivity index (χ4v) is 1.85. The van der Waals surface area contributed by atoms with Gasteiger partial charge in [-0.05, 0) is 32.9 Å². The van der Waals surface area contributed by atoms with Crippen LogP contribution in [0.5, 0.6) is 0 Å². The van der Waals surface area contributed by atoms with Gasteiger partial charge in [-0.25, -0.2) is 4.79 Å². The predicted molar refractivity (Wildman–Crippen MR) is 84.5 cm³/mol. The van der Waals surface area contributed by atoms with Gasteiger partial charge < -0.3 is 15.4 Å². The van der Waals surface area contributed by atoms with Crippen molar-refractivity contribution in [1.29, 1.82) is 0 Å². The van der Waals surface area contributed by atoms with E-state index in [1.165, 1.54) is 0 Å². The van der Waals surface area contributed by atoms with Crippen LogP contribution in [0, 0.1) is 0 Å². The molecular weight excluding hydrogens is 266 g/mol. The molecular formula is C16H21N3O2. The summed E-state index contributed by atoms with van der Waals surface area (Å²) >= 11 is 0. The highest BCUT2D eigenvalue weighted by Gasteiger charge is 2.15. The van der Waals surface area contributed by atoms with Crippen molar-refractivity contribution in [1.82, 2.24) is 10.3 Å². The zero-order valence-electron chi connectivity index (χ0n) is 12.6. The van der Waals surface area contributed by atoms with Crippen LogP contribution >= 0.6 is 0 Å². The van der Waals surface area contributed by atoms with E-state index < -0.39 is 11.7 Å². The predicted octanol–water partition coefficient (Wildman–Crippen LogP) is 3.17. The van der Waals surface area contributed by atoms with E-state index in [4.69, 9.17) is 4.74 Å². The third-order valence-corrected chi connectivity index (χ3v) is 2.71. The van der Waals surface area contributed by atoms with E-state index in [0.717, 1.165) is 16.6 Å². The quantitative estimate of drug-likeness (QED) is 0.848. The van der Waals surface area contributed by atoms with Crippen molar-refractivity contribution in [3.05, 3.63) is 36.5 Å². The number of nitrogens with zero attached hydrogens (tertiary/aromatic N) is 1. The van der Waals surface area contributed by atoms with Gasteiger partial charge >= 0.3 is 6.09 Å². The van der Waals surface area contributed by atoms with Crippen LogP contribution in [0.1, 0.15) is 20.8 Å². The summed E-state index contributed by atoms with van der Waals surface area (Å²) in [5.74, 6) is 0. The first kappa shape index (κ1) is 15.1. The molecule has 5 heteroatoms. The van der Waals surface area contributed by atoms with Crippen molar-refractivity contribution in [2.24, 2.45) is 0 Å². The average molecular weight is 287 g/mol. The lowest BCUT2D eigenvalue weighted by Crippen LogP contribution is -2.34. The molecule has 0 saturated carbocycles. The Balaban J connectivity index is 1.79. The van der Waals surface area contributed by atoms with Gasteiger partial charge in [0, 0.05) is 18.5 Å². The maximum atomic E-state index is 11.5. The molecule has 0 aliphatic carbocycles. The van der Waals surface area contributed by atoms with Crippen LogP contribution in [0.4, 0.5) is 10.5 Å². The molecule has 1 amide bonds. The van der Waals surface area contributed by atoms with Crippen molar-refractivity contribution in [3.8, 4) is 0 Å². The lowest BCUT2D eigenvalue weighted by molar-refractivity contribution is 0.0530. The molecule has 0 aliphatic heterocycles. The second kappa shape index (κ2) is 6.43. The minimum absolute atomic E-state index is 0.402. The summed E-state index contributed by atoms with van der Waals surface area (Å²) in [5, 5.41) is 7.01. The summed E-state index contributed by atoms with van der Waals surface area (Å²) in [6, 6.07) is 9.98. The van der Waals surface area contributed by atoms with E-state index >= 15 is 0 Å². The first-order chi connectivity index (χ1) is 9.94. The van der Waals surface area contributed by atoms with Crippen molar-refractivity contribution >= 4 is 22.7 Å². The van der Waals surface area contributed by atoms with Crippen LogP contribution in [0.2, 0.25) is 0 Å². The number of carbonyl (C=O) groups excluding carboxylic acids is 1. The zero-order valence-corrected chi connectivity index (χ0v) is 12.6. The topological polar surface area (TPSA) is 63.2 Å². The number of ether oxygens (including phenoxy) is 1. The number of nitrogens with one attached hydrogen (secondary N) is 2. The van der Waals surface area contributed by atoms with Gasteiger partial charge in [-0.1, -0.05) is 18.2 Å². The smallest absolute Gasteiger partial charge is 0.407 e. The molecule has 0 spiro atoms. The van der Waals surface area contributed by atoms with Crippen molar-refractivity contribution < 1.29 is 9.53 Å². The van der Waals surface area contributed by atoms with Crippen LogP contribution in [0.3, 0.4) is 0 Å². The lowest BCUT2D eigenvalue weighted by Gasteiger charge is -2.19. The highest BCUT2D eigenvalue weighted by Crippen LogP contribution is 2.15. The van der Waals surface area contributed by atoms with E-state index in [0.29, 0.717) is 13.1 Å². The van der Waals surface area contributed by atoms with Crippen LogP contribution in [-0.4, -0.2) is 29.8 Å². The summed E-state index contributed by atoms with van der Waals surface area (Å²) < 4.78 is 5.16. The summed E-state index contributed by atoms with van der Waals surface area (Å²) in [5.41, 5.74) is 1.43. The number of pyridine rings is 1. The molecule has 1 aromatic carbocycles. The fourth-order valence-electron chi connectivity index (χ4n) is 1.85. The Bertz CT molecular complexity index is 620. The number of hydrogen-bond acceptors (Lipinski definition) is 4. The monoisotopic (exact) mass is 287 g/mol. The van der Waals surface area contributed by atoms with Crippen molar-refractivity contribution in [2.75, 3.05) is 18.4 Å². The van der Waals surface area contributed by atoms with Crippen LogP contribution in [0.15, 0.2) is 36.5 Å². The maximum Gasteiger partial charge on any atom is 0.407 e. The van der Waals surface area contributed by atoms with E-state index in [-0.39, 0.29) is 0 Å². The summed E-state index contributed by atoms with van der Waals surface area (Å²) in [7, 11) is 0. The number of benzene rings is 1. The Morgan fingerprint density at radius 2 is 2.00 bits per heavy atom. The summed E-state index contributed by atoms with van der Waals surface area (Å²) in [6.45, 7) is 6.61. The third kappa shape index (κ3) is 4.95. The van der Waals surface area contributed by atoms with Gasteiger partial charge in [-0.3, -0.25) is 4.98 Å². The molecule has 2 N–H and O–H groups in total. The largest absolute Gasteiger partial charge is 0.444 e. The minimum atomic E-state index is -0.472. The normalized spacial score (nSPS) is 11.2. The highest BCUT2D eigenvalue weighted by molar-refractivity contribution is 5.81. The molecule has 2 aromatic rings. The van der Waals surface area contributed by atoms with E-state index in [1.807, 2.05) is 51.1 Å². The van der Waals surface area contributed by atoms with Crippen LogP contribution in [0.25, 0.3) is 10.9 Å². The lowest BCUT2D eigenvalue weighted by atomic mass is 10.2. The molecule has 21 heavy (non-hydrogen) atoms. The Labute approximate surface area is 124 Å². The first-order valence-electron chi connectivity index (χ1n) is 6.99. The number of rotatable bonds is 4. The Morgan fingerprint density at radius 3 is 2.76 bits per heavy atom. The molecule has 112 valence electrons. The van der Waals surface area contributed by atoms with E-state index in [2.05, 4.69) is 15.6 Å². The second-order valence-electron chi connectivity index (χ2n) is 5.77. The molecule has 0 atom stereocenters. The SMILES string of the molecule is CC(C)(C)OC(=O)NCCNc1cnc2ccccc2c1. The molecule has 1 aromatic heterocycles. The van der Waals surface area contributed by atoms with Crippen LogP contribution in [-0.2, 0) is 4.74 Å². The Morgan fingerprint density at radius 1 is 1.24 bits per heavy atom. The molecule has 0 saturated heterocycles. The van der Waals surface area contributed by atoms with Gasteiger partial charge in [-0.15, -0.1) is 0 Å². The number of alkyl carbamates (subject to hydrolysis) is 1. The number of anilines is 1. The number of fused-ring (bicyclic) bond motifs is 1. The molecule has 5 nitrogen and oxygen atoms in total. The maximum absolute atomic E-state index is 11.5. The first-order valence-corrected chi connectivity index (χ1v) is 6.99. The van der Waals surface area contributed by atoms with Crippen LogP contribution < -0.4 is 10.6 Å². The van der Waals surface area contributed by atoms with E-state index in [1.54, 1.807) is 6.20 Å². The number of para-hydroxylation sites is 1. The fraction of sp³-hybridized carbons (Fsp3) is 0.375. The van der Waals surface area contributed by atoms with Gasteiger partial charge in [0.1, 0.15) is 5.60 Å². The number of hydrogen-bond donors (Lipinski definition) is 2. The zero-order chi connectivity index (χ0) is 15.3. The Kier molecular flexibility index (Phi) is 4.62. The molecule has 0 bridgehead atoms. The van der Waals surface area contributed by atoms with E-state index in [9.17, 15) is 4.79 Å². The summed E-state index contributed by atoms with van der Waals surface area (Å²) in [4.78, 5) is 15.8. The van der Waals surface area contributed by atoms with Gasteiger partial charge in [0.2, 0.25) is 0 Å². The van der Waals surface area contributed by atoms with Gasteiger partial charge in [-0.2, -0.15) is 0 Å². The molecule has 1 heterocycles. The van der Waals surface area contributed by atoms with Gasteiger partial charge in [0.25, 0.3) is 0 Å². The third-order valence-electron chi connectivity index (χ3n) is 2.71. The number of aromatic nitrogens is 1. The minimum Gasteiger partial charge on any atom is -0.444 e. The molecule has 0 unspecified atom stereocenters. The molecule has 0 radical (unpaired) electrons. The molecule has 0 fully saturated rings. The number of carbonyl (C=O) groups is 1. The summed E-state index contributed by atoms with van der Waals surface area (Å²) in [6.07, 6.45) is 1.39. The molecule has 0 aliphatic rings. The van der Waals surface area contributed by atoms with Gasteiger partial charge in [0.15, 0.2) is 0 Å². The standard InChI is InChI=1S/C16H21N3O2/c1-16(2,3)21-15(20)18-9-8-17-13-10-12-6-4-5-7-14(12)19-11-13/h4-7,10-11,17H,8-9H2,1-3H3,(H,18,20). The highest BCUT2D eigenvalue weighted by atomic mass is 16.6. The Hall–Kier alpha value is -2.30. The second-order valence-corrected chi connectivity index (χ2v) is 5.77. The average Bonchev–Trinajstić information content (AvgIpc) is 2.41. The number of amides is 1. The van der Waals surface area contributed by atoms with Crippen molar-refractivity contribution in [3.63, 3.8) is 0 Å². The molecule has 2 rings (SSSR count).